The second-order valence-electron chi connectivity index (χ2n) is 6.19. The predicted octanol–water partition coefficient (Wildman–Crippen LogP) is 3.14. The van der Waals surface area contributed by atoms with Crippen molar-refractivity contribution in [2.45, 2.75) is 39.0 Å². The third-order valence-corrected chi connectivity index (χ3v) is 4.50. The third kappa shape index (κ3) is 3.78. The Balaban J connectivity index is 1.71. The van der Waals surface area contributed by atoms with E-state index in [0.717, 1.165) is 43.3 Å². The molecule has 0 saturated carbocycles. The van der Waals surface area contributed by atoms with Crippen molar-refractivity contribution < 1.29 is 13.9 Å². The number of ether oxygens (including phenoxy) is 1. The lowest BCUT2D eigenvalue weighted by Gasteiger charge is -2.20. The van der Waals surface area contributed by atoms with Gasteiger partial charge in [0.25, 0.3) is 5.91 Å². The number of fused-ring (bicyclic) bond motifs is 1. The maximum absolute atomic E-state index is 12.3. The molecule has 1 aliphatic heterocycles. The van der Waals surface area contributed by atoms with Gasteiger partial charge in [-0.2, -0.15) is 0 Å². The summed E-state index contributed by atoms with van der Waals surface area (Å²) in [4.78, 5) is 25.8. The van der Waals surface area contributed by atoms with Crippen LogP contribution in [0.5, 0.6) is 5.75 Å². The third-order valence-electron chi connectivity index (χ3n) is 4.50. The summed E-state index contributed by atoms with van der Waals surface area (Å²) in [6.07, 6.45) is 5.26. The molecule has 5 nitrogen and oxygen atoms in total. The molecule has 0 bridgehead atoms. The minimum absolute atomic E-state index is 0.0146. The highest BCUT2D eigenvalue weighted by Gasteiger charge is 2.16. The summed E-state index contributed by atoms with van der Waals surface area (Å²) >= 11 is 0. The number of hydrogen-bond acceptors (Lipinski definition) is 4. The Labute approximate surface area is 141 Å². The Morgan fingerprint density at radius 2 is 1.92 bits per heavy atom. The molecule has 3 rings (SSSR count). The summed E-state index contributed by atoms with van der Waals surface area (Å²) < 4.78 is 10.9. The summed E-state index contributed by atoms with van der Waals surface area (Å²) in [6, 6.07) is 6.90. The fraction of sp³-hybridized carbons (Fsp3) is 0.474. The number of carbonyl (C=O) groups is 1. The first kappa shape index (κ1) is 16.6. The standard InChI is InChI=1S/C19H23NO4/c1-2-14-11-19(22)24-17-12-15(7-8-16(14)17)23-13-18(21)20-9-5-3-4-6-10-20/h7-8,11-12H,2-6,9-10,13H2,1H3. The van der Waals surface area contributed by atoms with E-state index in [1.54, 1.807) is 6.07 Å². The van der Waals surface area contributed by atoms with Gasteiger partial charge in [0.05, 0.1) is 0 Å². The van der Waals surface area contributed by atoms with E-state index < -0.39 is 0 Å². The minimum Gasteiger partial charge on any atom is -0.484 e. The summed E-state index contributed by atoms with van der Waals surface area (Å²) in [5.74, 6) is 0.558. The number of likely N-dealkylation sites (tertiary alicyclic amines) is 1. The first-order chi connectivity index (χ1) is 11.7. The molecule has 0 spiro atoms. The lowest BCUT2D eigenvalue weighted by atomic mass is 10.1. The number of benzene rings is 1. The summed E-state index contributed by atoms with van der Waals surface area (Å²) in [5, 5.41) is 0.906. The molecular formula is C19H23NO4. The molecule has 1 fully saturated rings. The van der Waals surface area contributed by atoms with Crippen molar-refractivity contribution in [3.05, 3.63) is 40.2 Å². The van der Waals surface area contributed by atoms with E-state index in [-0.39, 0.29) is 18.1 Å². The van der Waals surface area contributed by atoms with Crippen molar-refractivity contribution in [1.82, 2.24) is 4.90 Å². The molecule has 1 saturated heterocycles. The largest absolute Gasteiger partial charge is 0.484 e. The molecule has 24 heavy (non-hydrogen) atoms. The molecule has 5 heteroatoms. The molecule has 0 unspecified atom stereocenters. The van der Waals surface area contributed by atoms with Crippen LogP contribution in [0.15, 0.2) is 33.5 Å². The van der Waals surface area contributed by atoms with Crippen molar-refractivity contribution in [2.75, 3.05) is 19.7 Å². The Morgan fingerprint density at radius 1 is 1.17 bits per heavy atom. The molecule has 128 valence electrons. The predicted molar refractivity (Wildman–Crippen MR) is 92.4 cm³/mol. The van der Waals surface area contributed by atoms with Gasteiger partial charge in [0.15, 0.2) is 6.61 Å². The summed E-state index contributed by atoms with van der Waals surface area (Å²) in [6.45, 7) is 3.64. The van der Waals surface area contributed by atoms with Crippen LogP contribution in [0.3, 0.4) is 0 Å². The number of nitrogens with zero attached hydrogens (tertiary/aromatic N) is 1. The highest BCUT2D eigenvalue weighted by molar-refractivity contribution is 5.82. The molecule has 1 aliphatic rings. The van der Waals surface area contributed by atoms with Crippen LogP contribution in [0.1, 0.15) is 38.2 Å². The number of aryl methyl sites for hydroxylation is 1. The molecule has 2 aromatic rings. The molecule has 2 heterocycles. The fourth-order valence-electron chi connectivity index (χ4n) is 3.15. The molecular weight excluding hydrogens is 306 g/mol. The van der Waals surface area contributed by atoms with Crippen LogP contribution >= 0.6 is 0 Å². The first-order valence-corrected chi connectivity index (χ1v) is 8.64. The van der Waals surface area contributed by atoms with Gasteiger partial charge in [-0.15, -0.1) is 0 Å². The SMILES string of the molecule is CCc1cc(=O)oc2cc(OCC(=O)N3CCCCCC3)ccc12. The smallest absolute Gasteiger partial charge is 0.336 e. The molecule has 0 N–H and O–H groups in total. The monoisotopic (exact) mass is 329 g/mol. The lowest BCUT2D eigenvalue weighted by molar-refractivity contribution is -0.133. The van der Waals surface area contributed by atoms with Crippen molar-refractivity contribution in [1.29, 1.82) is 0 Å². The van der Waals surface area contributed by atoms with E-state index in [1.165, 1.54) is 18.9 Å². The highest BCUT2D eigenvalue weighted by atomic mass is 16.5. The van der Waals surface area contributed by atoms with E-state index in [9.17, 15) is 9.59 Å². The van der Waals surface area contributed by atoms with Crippen LogP contribution in [0.25, 0.3) is 11.0 Å². The normalized spacial score (nSPS) is 15.3. The second-order valence-corrected chi connectivity index (χ2v) is 6.19. The van der Waals surface area contributed by atoms with Crippen LogP contribution in [-0.2, 0) is 11.2 Å². The molecule has 0 aliphatic carbocycles. The van der Waals surface area contributed by atoms with Crippen LogP contribution in [0, 0.1) is 0 Å². The van der Waals surface area contributed by atoms with Gasteiger partial charge >= 0.3 is 5.63 Å². The van der Waals surface area contributed by atoms with Gasteiger partial charge < -0.3 is 14.1 Å². The van der Waals surface area contributed by atoms with Crippen LogP contribution < -0.4 is 10.4 Å². The van der Waals surface area contributed by atoms with E-state index in [1.807, 2.05) is 24.0 Å². The zero-order valence-corrected chi connectivity index (χ0v) is 14.0. The van der Waals surface area contributed by atoms with Gasteiger partial charge in [-0.1, -0.05) is 19.8 Å². The number of carbonyl (C=O) groups excluding carboxylic acids is 1. The van der Waals surface area contributed by atoms with Crippen molar-refractivity contribution in [3.63, 3.8) is 0 Å². The van der Waals surface area contributed by atoms with E-state index in [2.05, 4.69) is 0 Å². The zero-order valence-electron chi connectivity index (χ0n) is 14.0. The number of rotatable bonds is 4. The number of hydrogen-bond donors (Lipinski definition) is 0. The van der Waals surface area contributed by atoms with Gasteiger partial charge in [-0.3, -0.25) is 4.79 Å². The maximum atomic E-state index is 12.3. The van der Waals surface area contributed by atoms with E-state index >= 15 is 0 Å². The molecule has 0 radical (unpaired) electrons. The second kappa shape index (κ2) is 7.51. The van der Waals surface area contributed by atoms with Gasteiger partial charge in [-0.05, 0) is 37.0 Å². The van der Waals surface area contributed by atoms with Gasteiger partial charge in [-0.25, -0.2) is 4.79 Å². The Kier molecular flexibility index (Phi) is 5.18. The van der Waals surface area contributed by atoms with Gasteiger partial charge in [0.1, 0.15) is 11.3 Å². The van der Waals surface area contributed by atoms with E-state index in [0.29, 0.717) is 11.3 Å². The lowest BCUT2D eigenvalue weighted by Crippen LogP contribution is -2.35. The summed E-state index contributed by atoms with van der Waals surface area (Å²) in [5.41, 5.74) is 1.09. The molecule has 1 amide bonds. The number of amides is 1. The molecule has 1 aromatic heterocycles. The van der Waals surface area contributed by atoms with Crippen LogP contribution in [0.2, 0.25) is 0 Å². The average molecular weight is 329 g/mol. The van der Waals surface area contributed by atoms with Gasteiger partial charge in [0.2, 0.25) is 0 Å². The topological polar surface area (TPSA) is 59.8 Å². The fourth-order valence-corrected chi connectivity index (χ4v) is 3.15. The van der Waals surface area contributed by atoms with Crippen LogP contribution in [-0.4, -0.2) is 30.5 Å². The van der Waals surface area contributed by atoms with Crippen molar-refractivity contribution in [3.8, 4) is 5.75 Å². The van der Waals surface area contributed by atoms with Crippen molar-refractivity contribution >= 4 is 16.9 Å². The van der Waals surface area contributed by atoms with Crippen molar-refractivity contribution in [2.24, 2.45) is 0 Å². The molecule has 0 atom stereocenters. The Hall–Kier alpha value is -2.30. The maximum Gasteiger partial charge on any atom is 0.336 e. The quantitative estimate of drug-likeness (QED) is 0.809. The first-order valence-electron chi connectivity index (χ1n) is 8.64. The average Bonchev–Trinajstić information content (AvgIpc) is 2.88. The Bertz CT molecular complexity index is 773. The summed E-state index contributed by atoms with van der Waals surface area (Å²) in [7, 11) is 0. The van der Waals surface area contributed by atoms with E-state index in [4.69, 9.17) is 9.15 Å². The highest BCUT2D eigenvalue weighted by Crippen LogP contribution is 2.23. The van der Waals surface area contributed by atoms with Crippen LogP contribution in [0.4, 0.5) is 0 Å². The van der Waals surface area contributed by atoms with Gasteiger partial charge in [0, 0.05) is 30.6 Å². The molecule has 1 aromatic carbocycles. The zero-order chi connectivity index (χ0) is 16.9. The minimum atomic E-state index is -0.364. The Morgan fingerprint density at radius 3 is 2.62 bits per heavy atom.